The van der Waals surface area contributed by atoms with Gasteiger partial charge >= 0.3 is 0 Å². The topological polar surface area (TPSA) is 24.9 Å². The van der Waals surface area contributed by atoms with Crippen molar-refractivity contribution in [2.45, 2.75) is 6.04 Å². The van der Waals surface area contributed by atoms with Crippen LogP contribution in [-0.2, 0) is 0 Å². The lowest BCUT2D eigenvalue weighted by atomic mass is 9.92. The SMILES string of the molecule is CNC(c1cccc(-c2ccc(F)cc2)n1)c1cc2ccccc2c2ccccc12. The van der Waals surface area contributed by atoms with Gasteiger partial charge in [-0.15, -0.1) is 0 Å². The Kier molecular flexibility index (Phi) is 4.74. The largest absolute Gasteiger partial charge is 0.308 e. The summed E-state index contributed by atoms with van der Waals surface area (Å²) in [4.78, 5) is 4.92. The lowest BCUT2D eigenvalue weighted by Gasteiger charge is -2.20. The number of nitrogens with zero attached hydrogens (tertiary/aromatic N) is 1. The van der Waals surface area contributed by atoms with Gasteiger partial charge in [-0.05, 0) is 76.6 Å². The number of aromatic nitrogens is 1. The summed E-state index contributed by atoms with van der Waals surface area (Å²) in [7, 11) is 1.96. The molecule has 1 aromatic heterocycles. The molecule has 0 saturated heterocycles. The minimum absolute atomic E-state index is 0.0695. The quantitative estimate of drug-likeness (QED) is 0.353. The van der Waals surface area contributed by atoms with Gasteiger partial charge in [0, 0.05) is 5.56 Å². The van der Waals surface area contributed by atoms with Crippen molar-refractivity contribution in [3.05, 3.63) is 114 Å². The third-order valence-corrected chi connectivity index (χ3v) is 5.61. The summed E-state index contributed by atoms with van der Waals surface area (Å²) < 4.78 is 13.3. The molecule has 0 spiro atoms. The van der Waals surface area contributed by atoms with E-state index in [9.17, 15) is 4.39 Å². The maximum absolute atomic E-state index is 13.3. The summed E-state index contributed by atoms with van der Waals surface area (Å²) in [5, 5.41) is 8.37. The van der Waals surface area contributed by atoms with E-state index >= 15 is 0 Å². The van der Waals surface area contributed by atoms with Crippen molar-refractivity contribution in [1.82, 2.24) is 10.3 Å². The van der Waals surface area contributed by atoms with E-state index in [2.05, 4.69) is 59.9 Å². The molecule has 0 fully saturated rings. The minimum Gasteiger partial charge on any atom is -0.308 e. The Morgan fingerprint density at radius 3 is 2.20 bits per heavy atom. The molecule has 0 saturated carbocycles. The first-order valence-electron chi connectivity index (χ1n) is 10.0. The van der Waals surface area contributed by atoms with Crippen molar-refractivity contribution in [1.29, 1.82) is 0 Å². The predicted octanol–water partition coefficient (Wildman–Crippen LogP) is 6.50. The van der Waals surface area contributed by atoms with E-state index < -0.39 is 0 Å². The van der Waals surface area contributed by atoms with Crippen LogP contribution in [0.1, 0.15) is 17.3 Å². The number of hydrogen-bond acceptors (Lipinski definition) is 2. The second kappa shape index (κ2) is 7.69. The molecule has 0 aliphatic rings. The average Bonchev–Trinajstić information content (AvgIpc) is 2.80. The molecule has 2 nitrogen and oxygen atoms in total. The molecule has 30 heavy (non-hydrogen) atoms. The fourth-order valence-corrected chi connectivity index (χ4v) is 4.18. The Hall–Kier alpha value is -3.56. The van der Waals surface area contributed by atoms with Crippen molar-refractivity contribution in [3.8, 4) is 11.3 Å². The van der Waals surface area contributed by atoms with Crippen LogP contribution >= 0.6 is 0 Å². The van der Waals surface area contributed by atoms with E-state index in [0.717, 1.165) is 17.0 Å². The molecule has 1 unspecified atom stereocenters. The molecule has 1 atom stereocenters. The summed E-state index contributed by atoms with van der Waals surface area (Å²) in [5.74, 6) is -0.245. The van der Waals surface area contributed by atoms with Gasteiger partial charge in [0.05, 0.1) is 17.4 Å². The van der Waals surface area contributed by atoms with Crippen LogP contribution in [0.15, 0.2) is 97.1 Å². The monoisotopic (exact) mass is 392 g/mol. The molecule has 0 amide bonds. The van der Waals surface area contributed by atoms with Gasteiger partial charge < -0.3 is 5.32 Å². The molecule has 5 aromatic rings. The van der Waals surface area contributed by atoms with Crippen LogP contribution < -0.4 is 5.32 Å². The highest BCUT2D eigenvalue weighted by molar-refractivity contribution is 6.09. The van der Waals surface area contributed by atoms with E-state index in [1.807, 2.05) is 25.2 Å². The summed E-state index contributed by atoms with van der Waals surface area (Å²) >= 11 is 0. The Bertz CT molecular complexity index is 1340. The third-order valence-electron chi connectivity index (χ3n) is 5.61. The summed E-state index contributed by atoms with van der Waals surface area (Å²) in [5.41, 5.74) is 3.85. The zero-order valence-corrected chi connectivity index (χ0v) is 16.6. The van der Waals surface area contributed by atoms with Crippen molar-refractivity contribution in [3.63, 3.8) is 0 Å². The molecule has 0 aliphatic carbocycles. The lowest BCUT2D eigenvalue weighted by molar-refractivity contribution is 0.628. The van der Waals surface area contributed by atoms with E-state index in [1.165, 1.54) is 39.2 Å². The molecule has 1 N–H and O–H groups in total. The summed E-state index contributed by atoms with van der Waals surface area (Å²) in [6, 6.07) is 31.6. The highest BCUT2D eigenvalue weighted by atomic mass is 19.1. The van der Waals surface area contributed by atoms with E-state index in [1.54, 1.807) is 12.1 Å². The van der Waals surface area contributed by atoms with Gasteiger partial charge in [0.2, 0.25) is 0 Å². The van der Waals surface area contributed by atoms with Crippen LogP contribution in [-0.4, -0.2) is 12.0 Å². The number of rotatable bonds is 4. The second-order valence-electron chi connectivity index (χ2n) is 7.41. The van der Waals surface area contributed by atoms with Gasteiger partial charge in [0.1, 0.15) is 5.82 Å². The molecule has 0 aliphatic heterocycles. The Morgan fingerprint density at radius 1 is 0.733 bits per heavy atom. The fraction of sp³-hybridized carbons (Fsp3) is 0.0741. The van der Waals surface area contributed by atoms with Crippen molar-refractivity contribution >= 4 is 21.5 Å². The van der Waals surface area contributed by atoms with E-state index in [-0.39, 0.29) is 11.9 Å². The first kappa shape index (κ1) is 18.5. The van der Waals surface area contributed by atoms with Gasteiger partial charge in [0.15, 0.2) is 0 Å². The van der Waals surface area contributed by atoms with Gasteiger partial charge in [-0.1, -0.05) is 54.6 Å². The fourth-order valence-electron chi connectivity index (χ4n) is 4.18. The highest BCUT2D eigenvalue weighted by Gasteiger charge is 2.18. The van der Waals surface area contributed by atoms with Crippen LogP contribution in [0.2, 0.25) is 0 Å². The number of fused-ring (bicyclic) bond motifs is 3. The number of pyridine rings is 1. The molecule has 3 heteroatoms. The molecule has 0 bridgehead atoms. The van der Waals surface area contributed by atoms with Crippen molar-refractivity contribution in [2.24, 2.45) is 0 Å². The van der Waals surface area contributed by atoms with Gasteiger partial charge in [-0.2, -0.15) is 0 Å². The molecular formula is C27H21FN2. The zero-order valence-electron chi connectivity index (χ0n) is 16.6. The Morgan fingerprint density at radius 2 is 1.43 bits per heavy atom. The normalized spacial score (nSPS) is 12.3. The van der Waals surface area contributed by atoms with E-state index in [4.69, 9.17) is 4.98 Å². The molecule has 4 aromatic carbocycles. The van der Waals surface area contributed by atoms with Crippen LogP contribution in [0.5, 0.6) is 0 Å². The maximum atomic E-state index is 13.3. The van der Waals surface area contributed by atoms with Gasteiger partial charge in [0.25, 0.3) is 0 Å². The Labute approximate surface area is 175 Å². The van der Waals surface area contributed by atoms with Crippen LogP contribution in [0.3, 0.4) is 0 Å². The second-order valence-corrected chi connectivity index (χ2v) is 7.41. The zero-order chi connectivity index (χ0) is 20.5. The molecule has 146 valence electrons. The number of hydrogen-bond donors (Lipinski definition) is 1. The maximum Gasteiger partial charge on any atom is 0.123 e. The van der Waals surface area contributed by atoms with Crippen molar-refractivity contribution in [2.75, 3.05) is 7.05 Å². The molecular weight excluding hydrogens is 371 g/mol. The first-order valence-corrected chi connectivity index (χ1v) is 10.0. The molecule has 1 heterocycles. The lowest BCUT2D eigenvalue weighted by Crippen LogP contribution is -2.19. The number of nitrogens with one attached hydrogen (secondary N) is 1. The van der Waals surface area contributed by atoms with Crippen molar-refractivity contribution < 1.29 is 4.39 Å². The number of halogens is 1. The minimum atomic E-state index is -0.245. The first-order chi connectivity index (χ1) is 14.7. The van der Waals surface area contributed by atoms with Gasteiger partial charge in [-0.25, -0.2) is 4.39 Å². The van der Waals surface area contributed by atoms with Crippen LogP contribution in [0, 0.1) is 5.82 Å². The molecule has 0 radical (unpaired) electrons. The molecule has 5 rings (SSSR count). The Balaban J connectivity index is 1.68. The van der Waals surface area contributed by atoms with Crippen LogP contribution in [0.4, 0.5) is 4.39 Å². The predicted molar refractivity (Wildman–Crippen MR) is 122 cm³/mol. The smallest absolute Gasteiger partial charge is 0.123 e. The summed E-state index contributed by atoms with van der Waals surface area (Å²) in [6.45, 7) is 0. The standard InChI is InChI=1S/C27H21FN2/c1-29-27(26-12-6-11-25(30-26)18-13-15-20(28)16-14-18)24-17-19-7-2-3-8-21(19)22-9-4-5-10-23(22)24/h2-17,27,29H,1H3. The third kappa shape index (κ3) is 3.23. The van der Waals surface area contributed by atoms with Crippen LogP contribution in [0.25, 0.3) is 32.8 Å². The van der Waals surface area contributed by atoms with E-state index in [0.29, 0.717) is 0 Å². The average molecular weight is 392 g/mol. The van der Waals surface area contributed by atoms with Gasteiger partial charge in [-0.3, -0.25) is 4.98 Å². The highest BCUT2D eigenvalue weighted by Crippen LogP contribution is 2.34. The number of benzene rings is 4. The summed E-state index contributed by atoms with van der Waals surface area (Å²) in [6.07, 6.45) is 0.